The van der Waals surface area contributed by atoms with E-state index in [9.17, 15) is 8.78 Å². The van der Waals surface area contributed by atoms with E-state index >= 15 is 0 Å². The molecule has 72 valence electrons. The van der Waals surface area contributed by atoms with Crippen LogP contribution in [0.1, 0.15) is 43.3 Å². The summed E-state index contributed by atoms with van der Waals surface area (Å²) in [6.07, 6.45) is -1.03. The molecule has 0 amide bonds. The lowest BCUT2D eigenvalue weighted by atomic mass is 10.0. The molecule has 0 unspecified atom stereocenters. The van der Waals surface area contributed by atoms with Gasteiger partial charge in [-0.2, -0.15) is 0 Å². The van der Waals surface area contributed by atoms with Gasteiger partial charge in [0.25, 0.3) is 6.43 Å². The van der Waals surface area contributed by atoms with Crippen LogP contribution in [0, 0.1) is 6.92 Å². The number of aromatic nitrogens is 2. The first-order chi connectivity index (χ1) is 6.02. The van der Waals surface area contributed by atoms with Gasteiger partial charge < -0.3 is 0 Å². The molecule has 0 bridgehead atoms. The van der Waals surface area contributed by atoms with Crippen LogP contribution in [0.4, 0.5) is 8.78 Å². The molecule has 0 spiro atoms. The molecule has 1 aromatic heterocycles. The van der Waals surface area contributed by atoms with E-state index in [0.717, 1.165) is 0 Å². The molecule has 1 rings (SSSR count). The van der Waals surface area contributed by atoms with E-state index in [1.807, 2.05) is 13.8 Å². The highest BCUT2D eigenvalue weighted by atomic mass is 19.3. The summed E-state index contributed by atoms with van der Waals surface area (Å²) in [5.74, 6) is 0.421. The second kappa shape index (κ2) is 3.77. The fourth-order valence-corrected chi connectivity index (χ4v) is 1.12. The van der Waals surface area contributed by atoms with E-state index in [1.54, 1.807) is 6.92 Å². The van der Waals surface area contributed by atoms with Gasteiger partial charge in [0.2, 0.25) is 0 Å². The number of rotatable bonds is 2. The molecule has 0 radical (unpaired) electrons. The average molecular weight is 186 g/mol. The van der Waals surface area contributed by atoms with Gasteiger partial charge in [-0.1, -0.05) is 13.8 Å². The molecular formula is C9H12F2N2. The van der Waals surface area contributed by atoms with Crippen LogP contribution in [0.3, 0.4) is 0 Å². The number of nitrogens with zero attached hydrogens (tertiary/aromatic N) is 2. The highest BCUT2D eigenvalue weighted by Gasteiger charge is 2.17. The van der Waals surface area contributed by atoms with Crippen molar-refractivity contribution in [3.8, 4) is 0 Å². The Bertz CT molecular complexity index is 298. The molecule has 0 aliphatic heterocycles. The molecule has 13 heavy (non-hydrogen) atoms. The minimum absolute atomic E-state index is 0.0320. The van der Waals surface area contributed by atoms with Crippen LogP contribution in [-0.4, -0.2) is 9.97 Å². The molecule has 1 heterocycles. The Balaban J connectivity index is 3.19. The second-order valence-electron chi connectivity index (χ2n) is 3.21. The van der Waals surface area contributed by atoms with Crippen molar-refractivity contribution in [1.29, 1.82) is 0 Å². The van der Waals surface area contributed by atoms with Crippen LogP contribution in [0.2, 0.25) is 0 Å². The molecule has 0 aliphatic carbocycles. The van der Waals surface area contributed by atoms with Crippen molar-refractivity contribution >= 4 is 0 Å². The third kappa shape index (κ3) is 2.20. The molecule has 0 saturated carbocycles. The molecule has 2 nitrogen and oxygen atoms in total. The van der Waals surface area contributed by atoms with Crippen LogP contribution in [-0.2, 0) is 0 Å². The van der Waals surface area contributed by atoms with Gasteiger partial charge in [-0.25, -0.2) is 18.7 Å². The molecule has 0 saturated heterocycles. The van der Waals surface area contributed by atoms with Crippen LogP contribution >= 0.6 is 0 Å². The minimum atomic E-state index is -2.51. The standard InChI is InChI=1S/C9H12F2N2/c1-5(2)7-4-12-6(3)13-8(7)9(10)11/h4-5,9H,1-3H3. The van der Waals surface area contributed by atoms with Gasteiger partial charge in [0.15, 0.2) is 0 Å². The molecule has 0 N–H and O–H groups in total. The molecule has 0 aliphatic rings. The van der Waals surface area contributed by atoms with Gasteiger partial charge in [0.1, 0.15) is 11.5 Å². The summed E-state index contributed by atoms with van der Waals surface area (Å²) in [6.45, 7) is 5.30. The number of aryl methyl sites for hydroxylation is 1. The maximum atomic E-state index is 12.5. The Kier molecular flexibility index (Phi) is 2.90. The van der Waals surface area contributed by atoms with Crippen LogP contribution < -0.4 is 0 Å². The lowest BCUT2D eigenvalue weighted by Gasteiger charge is -2.10. The van der Waals surface area contributed by atoms with Crippen LogP contribution in [0.15, 0.2) is 6.20 Å². The van der Waals surface area contributed by atoms with Crippen LogP contribution in [0.25, 0.3) is 0 Å². The summed E-state index contributed by atoms with van der Waals surface area (Å²) in [7, 11) is 0. The van der Waals surface area contributed by atoms with Crippen molar-refractivity contribution in [2.24, 2.45) is 0 Å². The Morgan fingerprint density at radius 1 is 1.31 bits per heavy atom. The molecule has 0 aromatic carbocycles. The van der Waals surface area contributed by atoms with Crippen molar-refractivity contribution in [3.63, 3.8) is 0 Å². The monoisotopic (exact) mass is 186 g/mol. The Hall–Kier alpha value is -1.06. The smallest absolute Gasteiger partial charge is 0.241 e. The van der Waals surface area contributed by atoms with E-state index in [2.05, 4.69) is 9.97 Å². The number of hydrogen-bond donors (Lipinski definition) is 0. The number of halogens is 2. The van der Waals surface area contributed by atoms with Gasteiger partial charge in [-0.05, 0) is 12.8 Å². The van der Waals surface area contributed by atoms with Gasteiger partial charge in [-0.15, -0.1) is 0 Å². The Labute approximate surface area is 76.0 Å². The number of hydrogen-bond acceptors (Lipinski definition) is 2. The summed E-state index contributed by atoms with van der Waals surface area (Å²) in [5, 5.41) is 0. The van der Waals surface area contributed by atoms with E-state index in [-0.39, 0.29) is 11.6 Å². The van der Waals surface area contributed by atoms with Crippen molar-refractivity contribution < 1.29 is 8.78 Å². The van der Waals surface area contributed by atoms with E-state index < -0.39 is 6.43 Å². The van der Waals surface area contributed by atoms with Crippen LogP contribution in [0.5, 0.6) is 0 Å². The summed E-state index contributed by atoms with van der Waals surface area (Å²) in [6, 6.07) is 0. The molecule has 0 atom stereocenters. The van der Waals surface area contributed by atoms with Gasteiger partial charge in [0, 0.05) is 11.8 Å². The summed E-state index contributed by atoms with van der Waals surface area (Å²) in [4.78, 5) is 7.63. The largest absolute Gasteiger partial charge is 0.280 e. The fourth-order valence-electron chi connectivity index (χ4n) is 1.12. The zero-order valence-electron chi connectivity index (χ0n) is 7.88. The zero-order chi connectivity index (χ0) is 10.0. The molecular weight excluding hydrogens is 174 g/mol. The van der Waals surface area contributed by atoms with Crippen molar-refractivity contribution in [2.75, 3.05) is 0 Å². The molecule has 1 aromatic rings. The average Bonchev–Trinajstić information content (AvgIpc) is 2.03. The minimum Gasteiger partial charge on any atom is -0.241 e. The topological polar surface area (TPSA) is 25.8 Å². The normalized spacial score (nSPS) is 11.3. The Morgan fingerprint density at radius 2 is 1.92 bits per heavy atom. The second-order valence-corrected chi connectivity index (χ2v) is 3.21. The first-order valence-electron chi connectivity index (χ1n) is 4.14. The highest BCUT2D eigenvalue weighted by Crippen LogP contribution is 2.25. The summed E-state index contributed by atoms with van der Waals surface area (Å²) >= 11 is 0. The predicted octanol–water partition coefficient (Wildman–Crippen LogP) is 2.85. The van der Waals surface area contributed by atoms with Gasteiger partial charge in [0.05, 0.1) is 0 Å². The molecule has 0 fully saturated rings. The van der Waals surface area contributed by atoms with Crippen molar-refractivity contribution in [3.05, 3.63) is 23.3 Å². The summed E-state index contributed by atoms with van der Waals surface area (Å²) in [5.41, 5.74) is 0.392. The first-order valence-corrected chi connectivity index (χ1v) is 4.14. The lowest BCUT2D eigenvalue weighted by Crippen LogP contribution is -2.03. The van der Waals surface area contributed by atoms with Gasteiger partial charge in [-0.3, -0.25) is 0 Å². The third-order valence-electron chi connectivity index (χ3n) is 1.80. The van der Waals surface area contributed by atoms with E-state index in [1.165, 1.54) is 6.20 Å². The predicted molar refractivity (Wildman–Crippen MR) is 45.8 cm³/mol. The maximum Gasteiger partial charge on any atom is 0.280 e. The zero-order valence-corrected chi connectivity index (χ0v) is 7.88. The highest BCUT2D eigenvalue weighted by molar-refractivity contribution is 5.21. The Morgan fingerprint density at radius 3 is 2.38 bits per heavy atom. The van der Waals surface area contributed by atoms with E-state index in [0.29, 0.717) is 11.4 Å². The third-order valence-corrected chi connectivity index (χ3v) is 1.80. The maximum absolute atomic E-state index is 12.5. The number of alkyl halides is 2. The lowest BCUT2D eigenvalue weighted by molar-refractivity contribution is 0.144. The quantitative estimate of drug-likeness (QED) is 0.709. The van der Waals surface area contributed by atoms with Crippen molar-refractivity contribution in [2.45, 2.75) is 33.1 Å². The fraction of sp³-hybridized carbons (Fsp3) is 0.556. The first kappa shape index (κ1) is 10.0. The van der Waals surface area contributed by atoms with Crippen molar-refractivity contribution in [1.82, 2.24) is 9.97 Å². The van der Waals surface area contributed by atoms with Gasteiger partial charge >= 0.3 is 0 Å². The summed E-state index contributed by atoms with van der Waals surface area (Å²) < 4.78 is 25.0. The molecule has 4 heteroatoms. The van der Waals surface area contributed by atoms with E-state index in [4.69, 9.17) is 0 Å². The SMILES string of the molecule is Cc1ncc(C(C)C)c(C(F)F)n1.